The number of halogens is 1. The molecule has 2 aromatic heterocycles. The van der Waals surface area contributed by atoms with E-state index in [4.69, 9.17) is 12.2 Å². The number of nitrogens with zero attached hydrogens (tertiary/aromatic N) is 2. The Kier molecular flexibility index (Phi) is 2.64. The molecule has 0 unspecified atom stereocenters. The van der Waals surface area contributed by atoms with Gasteiger partial charge in [-0.1, -0.05) is 22.0 Å². The molecule has 0 amide bonds. The molecule has 0 atom stereocenters. The summed E-state index contributed by atoms with van der Waals surface area (Å²) < 4.78 is 2.86. The zero-order valence-corrected chi connectivity index (χ0v) is 11.4. The number of rotatable bonds is 1. The molecule has 0 aliphatic rings. The predicted molar refractivity (Wildman–Crippen MR) is 74.6 cm³/mol. The summed E-state index contributed by atoms with van der Waals surface area (Å²) in [6, 6.07) is 7.62. The molecule has 0 aliphatic carbocycles. The smallest absolute Gasteiger partial charge is 0.262 e. The van der Waals surface area contributed by atoms with E-state index in [1.54, 1.807) is 4.68 Å². The van der Waals surface area contributed by atoms with Crippen LogP contribution in [0.3, 0.4) is 0 Å². The summed E-state index contributed by atoms with van der Waals surface area (Å²) in [7, 11) is 0. The summed E-state index contributed by atoms with van der Waals surface area (Å²) >= 11 is 8.37. The maximum Gasteiger partial charge on any atom is 0.262 e. The SMILES string of the molecule is O=c1[nH]c(=S)[nH]c2c1cnn2-c1cccc(Br)c1. The van der Waals surface area contributed by atoms with Crippen molar-refractivity contribution in [2.45, 2.75) is 0 Å². The number of fused-ring (bicyclic) bond motifs is 1. The highest BCUT2D eigenvalue weighted by atomic mass is 79.9. The molecule has 18 heavy (non-hydrogen) atoms. The van der Waals surface area contributed by atoms with Crippen LogP contribution in [0.25, 0.3) is 16.7 Å². The summed E-state index contributed by atoms with van der Waals surface area (Å²) in [5, 5.41) is 4.68. The van der Waals surface area contributed by atoms with Gasteiger partial charge >= 0.3 is 0 Å². The van der Waals surface area contributed by atoms with E-state index in [1.807, 2.05) is 24.3 Å². The van der Waals surface area contributed by atoms with Gasteiger partial charge in [-0.25, -0.2) is 4.68 Å². The lowest BCUT2D eigenvalue weighted by Crippen LogP contribution is -2.08. The van der Waals surface area contributed by atoms with Gasteiger partial charge in [0.05, 0.1) is 11.9 Å². The molecule has 0 fully saturated rings. The number of nitrogens with one attached hydrogen (secondary N) is 2. The maximum atomic E-state index is 11.7. The Morgan fingerprint density at radius 2 is 2.17 bits per heavy atom. The average molecular weight is 323 g/mol. The Morgan fingerprint density at radius 1 is 1.33 bits per heavy atom. The van der Waals surface area contributed by atoms with Gasteiger partial charge < -0.3 is 4.98 Å². The van der Waals surface area contributed by atoms with E-state index in [0.717, 1.165) is 10.2 Å². The summed E-state index contributed by atoms with van der Waals surface area (Å²) in [5.41, 5.74) is 1.19. The predicted octanol–water partition coefficient (Wildman–Crippen LogP) is 2.53. The second-order valence-electron chi connectivity index (χ2n) is 3.71. The monoisotopic (exact) mass is 322 g/mol. The van der Waals surface area contributed by atoms with Crippen molar-refractivity contribution in [2.75, 3.05) is 0 Å². The standard InChI is InChI=1S/C11H7BrN4OS/c12-6-2-1-3-7(4-6)16-9-8(5-13-16)10(17)15-11(18)14-9/h1-5H,(H2,14,15,17,18). The topological polar surface area (TPSA) is 66.5 Å². The molecule has 90 valence electrons. The minimum atomic E-state index is -0.241. The van der Waals surface area contributed by atoms with Crippen molar-refractivity contribution in [3.8, 4) is 5.69 Å². The first-order valence-electron chi connectivity index (χ1n) is 5.11. The lowest BCUT2D eigenvalue weighted by molar-refractivity contribution is 0.892. The van der Waals surface area contributed by atoms with Gasteiger partial charge in [-0.3, -0.25) is 9.78 Å². The molecule has 0 radical (unpaired) electrons. The Hall–Kier alpha value is -1.73. The van der Waals surface area contributed by atoms with Crippen molar-refractivity contribution in [2.24, 2.45) is 0 Å². The fraction of sp³-hybridized carbons (Fsp3) is 0. The highest BCUT2D eigenvalue weighted by molar-refractivity contribution is 9.10. The Morgan fingerprint density at radius 3 is 2.94 bits per heavy atom. The van der Waals surface area contributed by atoms with Crippen molar-refractivity contribution < 1.29 is 0 Å². The van der Waals surface area contributed by atoms with Gasteiger partial charge in [0.2, 0.25) is 0 Å². The number of H-pyrrole nitrogens is 2. The molecule has 0 saturated heterocycles. The minimum absolute atomic E-state index is 0.241. The fourth-order valence-corrected chi connectivity index (χ4v) is 2.32. The first-order chi connectivity index (χ1) is 8.65. The van der Waals surface area contributed by atoms with E-state index < -0.39 is 0 Å². The quantitative estimate of drug-likeness (QED) is 0.676. The number of aromatic nitrogens is 4. The molecule has 3 aromatic rings. The van der Waals surface area contributed by atoms with E-state index >= 15 is 0 Å². The van der Waals surface area contributed by atoms with Gasteiger partial charge in [0, 0.05) is 4.47 Å². The number of aromatic amines is 2. The van der Waals surface area contributed by atoms with Crippen LogP contribution in [-0.2, 0) is 0 Å². The third-order valence-corrected chi connectivity index (χ3v) is 3.22. The normalized spacial score (nSPS) is 10.9. The molecule has 0 saturated carbocycles. The van der Waals surface area contributed by atoms with Crippen LogP contribution in [0.5, 0.6) is 0 Å². The first kappa shape index (κ1) is 11.4. The van der Waals surface area contributed by atoms with Crippen LogP contribution in [0.15, 0.2) is 39.7 Å². The molecule has 0 bridgehead atoms. The molecular formula is C11H7BrN4OS. The lowest BCUT2D eigenvalue weighted by Gasteiger charge is -2.03. The number of benzene rings is 1. The zero-order chi connectivity index (χ0) is 12.7. The van der Waals surface area contributed by atoms with Gasteiger partial charge in [0.1, 0.15) is 11.0 Å². The molecule has 3 rings (SSSR count). The van der Waals surface area contributed by atoms with Crippen LogP contribution in [0.2, 0.25) is 0 Å². The molecule has 7 heteroatoms. The van der Waals surface area contributed by atoms with Crippen molar-refractivity contribution in [1.29, 1.82) is 0 Å². The summed E-state index contributed by atoms with van der Waals surface area (Å²) in [6.07, 6.45) is 1.51. The summed E-state index contributed by atoms with van der Waals surface area (Å²) in [6.45, 7) is 0. The van der Waals surface area contributed by atoms with Crippen LogP contribution in [0.4, 0.5) is 0 Å². The van der Waals surface area contributed by atoms with Gasteiger partial charge in [-0.2, -0.15) is 5.10 Å². The first-order valence-corrected chi connectivity index (χ1v) is 6.31. The summed E-state index contributed by atoms with van der Waals surface area (Å²) in [4.78, 5) is 17.2. The molecule has 2 N–H and O–H groups in total. The minimum Gasteiger partial charge on any atom is -0.316 e. The highest BCUT2D eigenvalue weighted by Gasteiger charge is 2.08. The van der Waals surface area contributed by atoms with Crippen LogP contribution in [0.1, 0.15) is 0 Å². The molecule has 1 aromatic carbocycles. The Labute approximate surface area is 115 Å². The fourth-order valence-electron chi connectivity index (χ4n) is 1.75. The van der Waals surface area contributed by atoms with Crippen LogP contribution >= 0.6 is 28.1 Å². The average Bonchev–Trinajstić information content (AvgIpc) is 2.72. The molecular weight excluding hydrogens is 316 g/mol. The van der Waals surface area contributed by atoms with E-state index in [0.29, 0.717) is 11.0 Å². The molecule has 2 heterocycles. The maximum absolute atomic E-state index is 11.7. The van der Waals surface area contributed by atoms with Gasteiger partial charge in [-0.15, -0.1) is 0 Å². The van der Waals surface area contributed by atoms with Crippen LogP contribution < -0.4 is 5.56 Å². The largest absolute Gasteiger partial charge is 0.316 e. The second-order valence-corrected chi connectivity index (χ2v) is 5.03. The third kappa shape index (κ3) is 1.81. The van der Waals surface area contributed by atoms with E-state index in [2.05, 4.69) is 31.0 Å². The van der Waals surface area contributed by atoms with Crippen LogP contribution in [0, 0.1) is 4.77 Å². The lowest BCUT2D eigenvalue weighted by atomic mass is 10.3. The number of hydrogen-bond acceptors (Lipinski definition) is 3. The van der Waals surface area contributed by atoms with Crippen LogP contribution in [-0.4, -0.2) is 19.7 Å². The molecule has 5 nitrogen and oxygen atoms in total. The molecule has 0 aliphatic heterocycles. The molecule has 0 spiro atoms. The number of hydrogen-bond donors (Lipinski definition) is 2. The highest BCUT2D eigenvalue weighted by Crippen LogP contribution is 2.17. The zero-order valence-electron chi connectivity index (χ0n) is 8.98. The third-order valence-electron chi connectivity index (χ3n) is 2.53. The van der Waals surface area contributed by atoms with Gasteiger partial charge in [0.25, 0.3) is 5.56 Å². The van der Waals surface area contributed by atoms with E-state index in [1.165, 1.54) is 6.20 Å². The Balaban J connectivity index is 2.37. The second kappa shape index (κ2) is 4.18. The van der Waals surface area contributed by atoms with Gasteiger partial charge in [0.15, 0.2) is 4.77 Å². The summed E-state index contributed by atoms with van der Waals surface area (Å²) in [5.74, 6) is 0. The van der Waals surface area contributed by atoms with Crippen molar-refractivity contribution >= 4 is 39.2 Å². The van der Waals surface area contributed by atoms with E-state index in [-0.39, 0.29) is 10.3 Å². The van der Waals surface area contributed by atoms with E-state index in [9.17, 15) is 4.79 Å². The van der Waals surface area contributed by atoms with Gasteiger partial charge in [-0.05, 0) is 30.4 Å². The van der Waals surface area contributed by atoms with Crippen molar-refractivity contribution in [3.63, 3.8) is 0 Å². The van der Waals surface area contributed by atoms with Crippen molar-refractivity contribution in [3.05, 3.63) is 50.1 Å². The Bertz CT molecular complexity index is 848. The van der Waals surface area contributed by atoms with Crippen molar-refractivity contribution in [1.82, 2.24) is 19.7 Å².